The Hall–Kier alpha value is -3.97. The third-order valence-electron chi connectivity index (χ3n) is 17.7. The number of hydrogen-bond donors (Lipinski definition) is 9. The number of carbonyl (C=O) groups excluding carboxylic acids is 3. The average molecular weight is 905 g/mol. The fraction of sp³-hybridized carbons (Fsp3) is 0.804. The fourth-order valence-electron chi connectivity index (χ4n) is 13.6. The van der Waals surface area contributed by atoms with Crippen molar-refractivity contribution in [2.24, 2.45) is 50.2 Å². The minimum atomic E-state index is -1.96. The number of aliphatic hydroxyl groups excluding tert-OH is 3. The Labute approximate surface area is 372 Å². The summed E-state index contributed by atoms with van der Waals surface area (Å²) in [6, 6.07) is -2.98. The van der Waals surface area contributed by atoms with Gasteiger partial charge in [0.2, 0.25) is 5.91 Å². The zero-order valence-electron chi connectivity index (χ0n) is 37.9. The Morgan fingerprint density at radius 3 is 1.91 bits per heavy atom. The predicted octanol–water partition coefficient (Wildman–Crippen LogP) is 3.03. The Morgan fingerprint density at radius 2 is 1.33 bits per heavy atom. The first-order valence-corrected chi connectivity index (χ1v) is 22.7. The maximum atomic E-state index is 15.0. The van der Waals surface area contributed by atoms with Crippen LogP contribution in [-0.4, -0.2) is 126 Å². The number of hydrogen-bond acceptors (Lipinski definition) is 12. The van der Waals surface area contributed by atoms with E-state index < -0.39 is 131 Å². The van der Waals surface area contributed by atoms with Crippen molar-refractivity contribution >= 4 is 41.5 Å². The topological polar surface area (TPSA) is 304 Å². The molecule has 16 atom stereocenters. The molecule has 64 heavy (non-hydrogen) atoms. The van der Waals surface area contributed by atoms with E-state index in [1.807, 2.05) is 26.8 Å². The molecule has 0 bridgehead atoms. The predicted molar refractivity (Wildman–Crippen MR) is 224 cm³/mol. The molecule has 0 aromatic carbocycles. The molecule has 1 heterocycles. The van der Waals surface area contributed by atoms with Crippen LogP contribution in [0.3, 0.4) is 0 Å². The highest BCUT2D eigenvalue weighted by molar-refractivity contribution is 5.96. The Bertz CT molecular complexity index is 1950. The lowest BCUT2D eigenvalue weighted by molar-refractivity contribution is -0.321. The molecule has 358 valence electrons. The van der Waals surface area contributed by atoms with E-state index in [0.29, 0.717) is 38.5 Å². The van der Waals surface area contributed by atoms with Gasteiger partial charge in [0.15, 0.2) is 18.2 Å². The van der Waals surface area contributed by atoms with Crippen LogP contribution < -0.4 is 10.6 Å². The number of carboxylic acid groups (broad SMARTS) is 4. The largest absolute Gasteiger partial charge is 0.481 e. The SMILES string of the molecule is CC1(C)C(OC2O[C@H](C(=O)N[C@H](CCC(=O)O)C(=O)O)[C@@H](O)[C@H](O)[C@H]2O)CC[C@@]2(C)C1CC[C@]1(C)C2C(=O)C=C2C3C[C@@](C)(C(=O)N[C@@H](CCC(=O)O)C(=O)O)CC[C@]3(C)CC[C@]21C. The molecule has 4 saturated carbocycles. The number of ketones is 1. The molecule has 5 fully saturated rings. The number of carboxylic acids is 4. The second kappa shape index (κ2) is 17.4. The van der Waals surface area contributed by atoms with Gasteiger partial charge in [-0.25, -0.2) is 9.59 Å². The summed E-state index contributed by atoms with van der Waals surface area (Å²) in [4.78, 5) is 88.3. The van der Waals surface area contributed by atoms with E-state index in [0.717, 1.165) is 24.8 Å². The fourth-order valence-corrected chi connectivity index (χ4v) is 13.6. The summed E-state index contributed by atoms with van der Waals surface area (Å²) in [5, 5.41) is 75.0. The number of fused-ring (bicyclic) bond motifs is 7. The minimum absolute atomic E-state index is 0.0259. The number of amides is 2. The summed E-state index contributed by atoms with van der Waals surface area (Å²) < 4.78 is 12.2. The Morgan fingerprint density at radius 1 is 0.750 bits per heavy atom. The van der Waals surface area contributed by atoms with Gasteiger partial charge >= 0.3 is 23.9 Å². The lowest BCUT2D eigenvalue weighted by Crippen LogP contribution is -2.67. The summed E-state index contributed by atoms with van der Waals surface area (Å²) in [5.74, 6) is -7.38. The molecule has 0 radical (unpaired) electrons. The lowest BCUT2D eigenvalue weighted by atomic mass is 9.33. The highest BCUT2D eigenvalue weighted by atomic mass is 16.7. The second-order valence-electron chi connectivity index (χ2n) is 21.8. The van der Waals surface area contributed by atoms with Gasteiger partial charge in [-0.3, -0.25) is 24.0 Å². The molecular weight excluding hydrogens is 837 g/mol. The van der Waals surface area contributed by atoms with Crippen molar-refractivity contribution in [1.82, 2.24) is 10.6 Å². The van der Waals surface area contributed by atoms with Gasteiger partial charge in [0.25, 0.3) is 5.91 Å². The van der Waals surface area contributed by atoms with Crippen LogP contribution in [-0.2, 0) is 43.0 Å². The third kappa shape index (κ3) is 8.39. The molecule has 5 aliphatic carbocycles. The van der Waals surface area contributed by atoms with Crippen molar-refractivity contribution < 1.29 is 78.8 Å². The van der Waals surface area contributed by atoms with Gasteiger partial charge in [0.1, 0.15) is 30.4 Å². The minimum Gasteiger partial charge on any atom is -0.481 e. The standard InChI is InChI=1S/C46H68N2O16/c1-41(2)27-12-15-46(7)35(44(27,5)14-13-28(41)63-39-33(56)31(54)32(55)34(64-39)36(57)47-24(37(58)59)8-10-29(50)51)26(49)20-22-23-21-43(4,17-16-42(23,3)18-19-45(22,46)6)40(62)48-25(38(60)61)9-11-30(52)53/h20,23-25,27-28,31-35,39,54-56H,8-19,21H2,1-7H3,(H,47,57)(H,48,62)(H,50,51)(H,52,53)(H,58,59)(H,60,61)/t23?,24-,25+,27?,28?,31+,32+,33-,34+,35?,39?,42-,43+,44+,45-,46-/m1/s1. The van der Waals surface area contributed by atoms with E-state index >= 15 is 4.79 Å². The van der Waals surface area contributed by atoms with E-state index in [4.69, 9.17) is 19.7 Å². The van der Waals surface area contributed by atoms with E-state index in [-0.39, 0.29) is 35.4 Å². The number of nitrogens with one attached hydrogen (secondary N) is 2. The zero-order valence-corrected chi connectivity index (χ0v) is 37.9. The molecule has 18 heteroatoms. The maximum Gasteiger partial charge on any atom is 0.326 e. The first-order valence-electron chi connectivity index (χ1n) is 22.7. The molecular formula is C46H68N2O16. The zero-order chi connectivity index (χ0) is 47.7. The van der Waals surface area contributed by atoms with Crippen LogP contribution in [0.5, 0.6) is 0 Å². The van der Waals surface area contributed by atoms with Crippen LogP contribution in [0, 0.1) is 50.2 Å². The van der Waals surface area contributed by atoms with Crippen molar-refractivity contribution in [3.8, 4) is 0 Å². The summed E-state index contributed by atoms with van der Waals surface area (Å²) in [6.45, 7) is 14.8. The normalized spacial score (nSPS) is 42.2. The van der Waals surface area contributed by atoms with Gasteiger partial charge in [-0.2, -0.15) is 0 Å². The Kier molecular flexibility index (Phi) is 13.4. The molecule has 0 spiro atoms. The number of rotatable bonds is 14. The van der Waals surface area contributed by atoms with E-state index in [1.54, 1.807) is 0 Å². The third-order valence-corrected chi connectivity index (χ3v) is 17.7. The summed E-state index contributed by atoms with van der Waals surface area (Å²) >= 11 is 0. The van der Waals surface area contributed by atoms with Crippen LogP contribution in [0.4, 0.5) is 0 Å². The monoisotopic (exact) mass is 904 g/mol. The van der Waals surface area contributed by atoms with Crippen LogP contribution in [0.1, 0.15) is 132 Å². The molecule has 6 aliphatic rings. The first-order chi connectivity index (χ1) is 29.6. The quantitative estimate of drug-likeness (QED) is 0.113. The number of carbonyl (C=O) groups is 7. The van der Waals surface area contributed by atoms with Gasteiger partial charge in [-0.1, -0.05) is 54.0 Å². The molecule has 18 nitrogen and oxygen atoms in total. The Balaban J connectivity index is 1.23. The van der Waals surface area contributed by atoms with Gasteiger partial charge in [-0.05, 0) is 116 Å². The lowest BCUT2D eigenvalue weighted by Gasteiger charge is -2.70. The highest BCUT2D eigenvalue weighted by Gasteiger charge is 2.70. The van der Waals surface area contributed by atoms with Crippen molar-refractivity contribution in [3.05, 3.63) is 11.6 Å². The molecule has 5 unspecified atom stereocenters. The summed E-state index contributed by atoms with van der Waals surface area (Å²) in [6.07, 6.45) is -3.84. The number of allylic oxidation sites excluding steroid dienone is 2. The second-order valence-corrected chi connectivity index (χ2v) is 21.8. The molecule has 0 aromatic heterocycles. The van der Waals surface area contributed by atoms with E-state index in [2.05, 4.69) is 38.3 Å². The highest BCUT2D eigenvalue weighted by Crippen LogP contribution is 2.75. The summed E-state index contributed by atoms with van der Waals surface area (Å²) in [7, 11) is 0. The number of ether oxygens (including phenoxy) is 2. The van der Waals surface area contributed by atoms with E-state index in [9.17, 15) is 54.3 Å². The van der Waals surface area contributed by atoms with Crippen molar-refractivity contribution in [2.75, 3.05) is 0 Å². The van der Waals surface area contributed by atoms with Gasteiger partial charge in [-0.15, -0.1) is 0 Å². The number of aliphatic hydroxyl groups is 3. The molecule has 6 rings (SSSR count). The van der Waals surface area contributed by atoms with Gasteiger partial charge < -0.3 is 55.9 Å². The van der Waals surface area contributed by atoms with Crippen molar-refractivity contribution in [1.29, 1.82) is 0 Å². The first kappa shape index (κ1) is 49.5. The van der Waals surface area contributed by atoms with Crippen molar-refractivity contribution in [2.45, 2.75) is 181 Å². The summed E-state index contributed by atoms with van der Waals surface area (Å²) in [5.41, 5.74) is -2.18. The average Bonchev–Trinajstić information content (AvgIpc) is 3.19. The van der Waals surface area contributed by atoms with Crippen LogP contribution >= 0.6 is 0 Å². The van der Waals surface area contributed by atoms with Crippen LogP contribution in [0.2, 0.25) is 0 Å². The van der Waals surface area contributed by atoms with Crippen LogP contribution in [0.25, 0.3) is 0 Å². The number of aliphatic carboxylic acids is 4. The van der Waals surface area contributed by atoms with Crippen molar-refractivity contribution in [3.63, 3.8) is 0 Å². The molecule has 2 amide bonds. The van der Waals surface area contributed by atoms with E-state index in [1.165, 1.54) is 0 Å². The van der Waals surface area contributed by atoms with Gasteiger partial charge in [0, 0.05) is 24.2 Å². The molecule has 0 aromatic rings. The van der Waals surface area contributed by atoms with Crippen LogP contribution in [0.15, 0.2) is 11.6 Å². The van der Waals surface area contributed by atoms with Gasteiger partial charge in [0.05, 0.1) is 6.10 Å². The molecule has 1 saturated heterocycles. The molecule has 1 aliphatic heterocycles. The maximum absolute atomic E-state index is 15.0. The smallest absolute Gasteiger partial charge is 0.326 e. The molecule has 9 N–H and O–H groups in total.